The summed E-state index contributed by atoms with van der Waals surface area (Å²) < 4.78 is 10.5. The number of carbonyl (C=O) groups excluding carboxylic acids is 1. The SMILES string of the molecule is CCCCOC(C)C(=O)Nc1cccc(OCC(=O)O)c1. The summed E-state index contributed by atoms with van der Waals surface area (Å²) in [4.78, 5) is 22.4. The van der Waals surface area contributed by atoms with Crippen LogP contribution in [0.2, 0.25) is 0 Å². The zero-order chi connectivity index (χ0) is 15.7. The fourth-order valence-electron chi connectivity index (χ4n) is 1.53. The van der Waals surface area contributed by atoms with E-state index in [1.807, 2.05) is 0 Å². The first-order valence-corrected chi connectivity index (χ1v) is 6.90. The predicted molar refractivity (Wildman–Crippen MR) is 78.5 cm³/mol. The topological polar surface area (TPSA) is 84.9 Å². The third-order valence-corrected chi connectivity index (χ3v) is 2.70. The summed E-state index contributed by atoms with van der Waals surface area (Å²) in [6, 6.07) is 6.57. The summed E-state index contributed by atoms with van der Waals surface area (Å²) in [5.74, 6) is -0.918. The van der Waals surface area contributed by atoms with Gasteiger partial charge in [0.15, 0.2) is 6.61 Å². The van der Waals surface area contributed by atoms with Crippen molar-refractivity contribution in [3.05, 3.63) is 24.3 Å². The van der Waals surface area contributed by atoms with Crippen LogP contribution in [0, 0.1) is 0 Å². The molecule has 1 atom stereocenters. The van der Waals surface area contributed by atoms with E-state index in [2.05, 4.69) is 12.2 Å². The number of anilines is 1. The summed E-state index contributed by atoms with van der Waals surface area (Å²) in [6.45, 7) is 3.87. The van der Waals surface area contributed by atoms with E-state index < -0.39 is 18.7 Å². The van der Waals surface area contributed by atoms with E-state index in [9.17, 15) is 9.59 Å². The largest absolute Gasteiger partial charge is 0.482 e. The van der Waals surface area contributed by atoms with Crippen LogP contribution in [0.15, 0.2) is 24.3 Å². The lowest BCUT2D eigenvalue weighted by Gasteiger charge is -2.13. The molecule has 2 N–H and O–H groups in total. The number of carboxylic acid groups (broad SMARTS) is 1. The molecule has 6 nitrogen and oxygen atoms in total. The highest BCUT2D eigenvalue weighted by Crippen LogP contribution is 2.17. The molecular formula is C15H21NO5. The maximum atomic E-state index is 11.9. The Morgan fingerprint density at radius 1 is 1.38 bits per heavy atom. The molecule has 6 heteroatoms. The van der Waals surface area contributed by atoms with Gasteiger partial charge in [-0.15, -0.1) is 0 Å². The van der Waals surface area contributed by atoms with Crippen molar-refractivity contribution in [1.29, 1.82) is 0 Å². The average molecular weight is 295 g/mol. The van der Waals surface area contributed by atoms with Crippen molar-refractivity contribution in [2.75, 3.05) is 18.5 Å². The fraction of sp³-hybridized carbons (Fsp3) is 0.467. The highest BCUT2D eigenvalue weighted by atomic mass is 16.5. The van der Waals surface area contributed by atoms with Gasteiger partial charge >= 0.3 is 5.97 Å². The second kappa shape index (κ2) is 8.97. The van der Waals surface area contributed by atoms with Crippen molar-refractivity contribution in [3.8, 4) is 5.75 Å². The lowest BCUT2D eigenvalue weighted by molar-refractivity contribution is -0.139. The molecule has 0 bridgehead atoms. The number of hydrogen-bond acceptors (Lipinski definition) is 4. The molecule has 0 spiro atoms. The molecule has 21 heavy (non-hydrogen) atoms. The third-order valence-electron chi connectivity index (χ3n) is 2.70. The molecule has 0 aliphatic heterocycles. The smallest absolute Gasteiger partial charge is 0.341 e. The van der Waals surface area contributed by atoms with Gasteiger partial charge in [-0.1, -0.05) is 19.4 Å². The number of amides is 1. The Kier molecular flexibility index (Phi) is 7.25. The summed E-state index contributed by atoms with van der Waals surface area (Å²) in [5, 5.41) is 11.3. The van der Waals surface area contributed by atoms with E-state index in [0.29, 0.717) is 18.0 Å². The summed E-state index contributed by atoms with van der Waals surface area (Å²) >= 11 is 0. The zero-order valence-corrected chi connectivity index (χ0v) is 12.3. The molecule has 0 aliphatic carbocycles. The van der Waals surface area contributed by atoms with E-state index >= 15 is 0 Å². The first-order valence-electron chi connectivity index (χ1n) is 6.90. The lowest BCUT2D eigenvalue weighted by atomic mass is 10.2. The molecule has 0 aliphatic rings. The van der Waals surface area contributed by atoms with Crippen LogP contribution >= 0.6 is 0 Å². The Morgan fingerprint density at radius 2 is 2.14 bits per heavy atom. The Bertz CT molecular complexity index is 475. The predicted octanol–water partition coefficient (Wildman–Crippen LogP) is 2.29. The normalized spacial score (nSPS) is 11.7. The van der Waals surface area contributed by atoms with Gasteiger partial charge in [-0.2, -0.15) is 0 Å². The van der Waals surface area contributed by atoms with Crippen molar-refractivity contribution in [1.82, 2.24) is 0 Å². The molecule has 116 valence electrons. The standard InChI is InChI=1S/C15H21NO5/c1-3-4-8-20-11(2)15(19)16-12-6-5-7-13(9-12)21-10-14(17)18/h5-7,9,11H,3-4,8,10H2,1-2H3,(H,16,19)(H,17,18). The van der Waals surface area contributed by atoms with Gasteiger partial charge in [0.2, 0.25) is 0 Å². The Labute approximate surface area is 124 Å². The minimum atomic E-state index is -1.05. The second-order valence-corrected chi connectivity index (χ2v) is 4.57. The molecule has 0 saturated heterocycles. The number of nitrogens with one attached hydrogen (secondary N) is 1. The minimum absolute atomic E-state index is 0.249. The van der Waals surface area contributed by atoms with Crippen LogP contribution in [0.5, 0.6) is 5.75 Å². The Hall–Kier alpha value is -2.08. The first-order chi connectivity index (χ1) is 10.0. The Morgan fingerprint density at radius 3 is 2.81 bits per heavy atom. The van der Waals surface area contributed by atoms with E-state index in [0.717, 1.165) is 12.8 Å². The van der Waals surface area contributed by atoms with Gasteiger partial charge in [0.25, 0.3) is 5.91 Å². The first kappa shape index (κ1) is 17.0. The van der Waals surface area contributed by atoms with E-state index in [4.69, 9.17) is 14.6 Å². The quantitative estimate of drug-likeness (QED) is 0.683. The highest BCUT2D eigenvalue weighted by molar-refractivity contribution is 5.94. The van der Waals surface area contributed by atoms with Crippen LogP contribution in [-0.4, -0.2) is 36.3 Å². The number of unbranched alkanes of at least 4 members (excludes halogenated alkanes) is 1. The molecule has 0 aromatic heterocycles. The molecule has 0 fully saturated rings. The summed E-state index contributed by atoms with van der Waals surface area (Å²) in [5.41, 5.74) is 0.536. The van der Waals surface area contributed by atoms with Gasteiger partial charge in [-0.25, -0.2) is 4.79 Å². The maximum absolute atomic E-state index is 11.9. The summed E-state index contributed by atoms with van der Waals surface area (Å²) in [7, 11) is 0. The highest BCUT2D eigenvalue weighted by Gasteiger charge is 2.13. The van der Waals surface area contributed by atoms with Crippen molar-refractivity contribution < 1.29 is 24.2 Å². The Balaban J connectivity index is 2.51. The van der Waals surface area contributed by atoms with Gasteiger partial charge in [0.05, 0.1) is 0 Å². The number of benzene rings is 1. The number of carboxylic acids is 1. The number of rotatable bonds is 9. The van der Waals surface area contributed by atoms with Crippen LogP contribution in [-0.2, 0) is 14.3 Å². The van der Waals surface area contributed by atoms with Gasteiger partial charge in [0, 0.05) is 18.4 Å². The van der Waals surface area contributed by atoms with Gasteiger partial charge in [-0.05, 0) is 25.5 Å². The van der Waals surface area contributed by atoms with E-state index in [1.165, 1.54) is 0 Å². The second-order valence-electron chi connectivity index (χ2n) is 4.57. The molecule has 0 heterocycles. The molecule has 1 rings (SSSR count). The maximum Gasteiger partial charge on any atom is 0.341 e. The molecule has 1 aromatic carbocycles. The summed E-state index contributed by atoms with van der Waals surface area (Å²) in [6.07, 6.45) is 1.38. The monoisotopic (exact) mass is 295 g/mol. The van der Waals surface area contributed by atoms with E-state index in [-0.39, 0.29) is 5.91 Å². The minimum Gasteiger partial charge on any atom is -0.482 e. The fourth-order valence-corrected chi connectivity index (χ4v) is 1.53. The third kappa shape index (κ3) is 6.76. The van der Waals surface area contributed by atoms with Crippen molar-refractivity contribution >= 4 is 17.6 Å². The van der Waals surface area contributed by atoms with Crippen molar-refractivity contribution in [3.63, 3.8) is 0 Å². The van der Waals surface area contributed by atoms with E-state index in [1.54, 1.807) is 31.2 Å². The zero-order valence-electron chi connectivity index (χ0n) is 12.3. The molecule has 0 saturated carbocycles. The molecule has 1 unspecified atom stereocenters. The average Bonchev–Trinajstić information content (AvgIpc) is 2.45. The number of ether oxygens (including phenoxy) is 2. The van der Waals surface area contributed by atoms with Gasteiger partial charge in [-0.3, -0.25) is 4.79 Å². The van der Waals surface area contributed by atoms with Crippen LogP contribution < -0.4 is 10.1 Å². The lowest BCUT2D eigenvalue weighted by Crippen LogP contribution is -2.28. The van der Waals surface area contributed by atoms with Crippen molar-refractivity contribution in [2.45, 2.75) is 32.8 Å². The van der Waals surface area contributed by atoms with Crippen LogP contribution in [0.3, 0.4) is 0 Å². The van der Waals surface area contributed by atoms with Crippen molar-refractivity contribution in [2.24, 2.45) is 0 Å². The molecule has 1 amide bonds. The molecule has 0 radical (unpaired) electrons. The molecular weight excluding hydrogens is 274 g/mol. The van der Waals surface area contributed by atoms with Crippen LogP contribution in [0.25, 0.3) is 0 Å². The van der Waals surface area contributed by atoms with Crippen LogP contribution in [0.4, 0.5) is 5.69 Å². The van der Waals surface area contributed by atoms with Gasteiger partial charge in [0.1, 0.15) is 11.9 Å². The number of carbonyl (C=O) groups is 2. The van der Waals surface area contributed by atoms with Crippen LogP contribution in [0.1, 0.15) is 26.7 Å². The number of aliphatic carboxylic acids is 1. The molecule has 1 aromatic rings. The number of hydrogen-bond donors (Lipinski definition) is 2. The van der Waals surface area contributed by atoms with Gasteiger partial charge < -0.3 is 19.9 Å².